The highest BCUT2D eigenvalue weighted by Crippen LogP contribution is 2.29. The third-order valence-corrected chi connectivity index (χ3v) is 3.27. The second-order valence-electron chi connectivity index (χ2n) is 6.73. The molecule has 1 amide bonds. The number of esters is 1. The van der Waals surface area contributed by atoms with E-state index >= 15 is 0 Å². The molecule has 0 aliphatic rings. The largest absolute Gasteiger partial charge is 0.466 e. The zero-order chi connectivity index (χ0) is 20.0. The van der Waals surface area contributed by atoms with Gasteiger partial charge in [0, 0.05) is 6.54 Å². The predicted octanol–water partition coefficient (Wildman–Crippen LogP) is 3.95. The molecule has 0 aromatic heterocycles. The number of ether oxygens (including phenoxy) is 2. The number of carbonyl (C=O) groups is 2. The molecule has 5 nitrogen and oxygen atoms in total. The molecule has 0 bridgehead atoms. The minimum Gasteiger partial charge on any atom is -0.466 e. The maximum Gasteiger partial charge on any atom is 0.416 e. The van der Waals surface area contributed by atoms with Gasteiger partial charge in [-0.1, -0.05) is 12.1 Å². The van der Waals surface area contributed by atoms with Crippen LogP contribution in [0.1, 0.15) is 38.8 Å². The van der Waals surface area contributed by atoms with Crippen molar-refractivity contribution < 1.29 is 32.2 Å². The molecule has 26 heavy (non-hydrogen) atoms. The number of halogens is 3. The summed E-state index contributed by atoms with van der Waals surface area (Å²) in [6.45, 7) is 6.88. The van der Waals surface area contributed by atoms with E-state index in [0.29, 0.717) is 5.56 Å². The number of benzene rings is 1. The van der Waals surface area contributed by atoms with Gasteiger partial charge >= 0.3 is 18.2 Å². The summed E-state index contributed by atoms with van der Waals surface area (Å²) in [5.74, 6) is -1.28. The van der Waals surface area contributed by atoms with Crippen molar-refractivity contribution in [2.75, 3.05) is 13.2 Å². The van der Waals surface area contributed by atoms with Crippen LogP contribution in [0.2, 0.25) is 0 Å². The van der Waals surface area contributed by atoms with Crippen LogP contribution in [0.3, 0.4) is 0 Å². The average Bonchev–Trinajstić information content (AvgIpc) is 2.49. The zero-order valence-electron chi connectivity index (χ0n) is 15.3. The number of rotatable bonds is 6. The third kappa shape index (κ3) is 7.76. The lowest BCUT2D eigenvalue weighted by Gasteiger charge is -2.21. The van der Waals surface area contributed by atoms with Crippen LogP contribution >= 0.6 is 0 Å². The van der Waals surface area contributed by atoms with Crippen LogP contribution in [-0.4, -0.2) is 30.8 Å². The molecule has 0 spiro atoms. The van der Waals surface area contributed by atoms with Gasteiger partial charge in [-0.05, 0) is 51.8 Å². The molecular weight excluding hydrogens is 351 g/mol. The molecule has 1 atom stereocenters. The Morgan fingerprint density at radius 1 is 1.12 bits per heavy atom. The molecule has 1 aromatic rings. The highest BCUT2D eigenvalue weighted by atomic mass is 19.4. The Labute approximate surface area is 150 Å². The first-order valence-electron chi connectivity index (χ1n) is 8.22. The van der Waals surface area contributed by atoms with Gasteiger partial charge in [0.2, 0.25) is 0 Å². The number of hydrogen-bond acceptors (Lipinski definition) is 4. The lowest BCUT2D eigenvalue weighted by Crippen LogP contribution is -2.38. The highest BCUT2D eigenvalue weighted by Gasteiger charge is 2.30. The SMILES string of the molecule is CCOC(=O)C(CNC(=O)OC(C)(C)C)Cc1ccc(C(F)(F)F)cc1. The predicted molar refractivity (Wildman–Crippen MR) is 89.5 cm³/mol. The number of nitrogens with one attached hydrogen (secondary N) is 1. The summed E-state index contributed by atoms with van der Waals surface area (Å²) >= 11 is 0. The highest BCUT2D eigenvalue weighted by molar-refractivity contribution is 5.74. The van der Waals surface area contributed by atoms with E-state index in [0.717, 1.165) is 12.1 Å². The van der Waals surface area contributed by atoms with Crippen LogP contribution in [0.15, 0.2) is 24.3 Å². The smallest absolute Gasteiger partial charge is 0.416 e. The summed E-state index contributed by atoms with van der Waals surface area (Å²) in [5.41, 5.74) is -0.917. The molecule has 146 valence electrons. The monoisotopic (exact) mass is 375 g/mol. The molecule has 0 radical (unpaired) electrons. The van der Waals surface area contributed by atoms with Gasteiger partial charge in [0.15, 0.2) is 0 Å². The van der Waals surface area contributed by atoms with E-state index < -0.39 is 35.3 Å². The first kappa shape index (κ1) is 21.8. The van der Waals surface area contributed by atoms with Crippen molar-refractivity contribution in [1.29, 1.82) is 0 Å². The zero-order valence-corrected chi connectivity index (χ0v) is 15.3. The van der Waals surface area contributed by atoms with Crippen LogP contribution in [0.4, 0.5) is 18.0 Å². The van der Waals surface area contributed by atoms with Crippen molar-refractivity contribution >= 4 is 12.1 Å². The maximum absolute atomic E-state index is 12.6. The first-order chi connectivity index (χ1) is 11.9. The topological polar surface area (TPSA) is 64.6 Å². The van der Waals surface area contributed by atoms with Crippen molar-refractivity contribution in [2.45, 2.75) is 45.9 Å². The first-order valence-corrected chi connectivity index (χ1v) is 8.22. The van der Waals surface area contributed by atoms with E-state index in [1.807, 2.05) is 0 Å². The Bertz CT molecular complexity index is 606. The Hall–Kier alpha value is -2.25. The molecule has 1 aromatic carbocycles. The Kier molecular flexibility index (Phi) is 7.47. The van der Waals surface area contributed by atoms with Crippen molar-refractivity contribution in [3.05, 3.63) is 35.4 Å². The van der Waals surface area contributed by atoms with E-state index in [1.54, 1.807) is 27.7 Å². The Morgan fingerprint density at radius 2 is 1.69 bits per heavy atom. The van der Waals surface area contributed by atoms with Gasteiger partial charge < -0.3 is 14.8 Å². The number of alkyl carbamates (subject to hydrolysis) is 1. The lowest BCUT2D eigenvalue weighted by molar-refractivity contribution is -0.147. The summed E-state index contributed by atoms with van der Waals surface area (Å²) in [7, 11) is 0. The maximum atomic E-state index is 12.6. The summed E-state index contributed by atoms with van der Waals surface area (Å²) in [6.07, 6.45) is -4.97. The standard InChI is InChI=1S/C18H24F3NO4/c1-5-25-15(23)13(11-22-16(24)26-17(2,3)4)10-12-6-8-14(9-7-12)18(19,20)21/h6-9,13H,5,10-11H2,1-4H3,(H,22,24). The molecular formula is C18H24F3NO4. The van der Waals surface area contributed by atoms with Gasteiger partial charge in [-0.15, -0.1) is 0 Å². The van der Waals surface area contributed by atoms with Gasteiger partial charge in [-0.25, -0.2) is 4.79 Å². The van der Waals surface area contributed by atoms with Crippen LogP contribution in [0, 0.1) is 5.92 Å². The molecule has 0 aliphatic heterocycles. The minimum atomic E-state index is -4.42. The van der Waals surface area contributed by atoms with Crippen molar-refractivity contribution in [3.8, 4) is 0 Å². The van der Waals surface area contributed by atoms with E-state index in [1.165, 1.54) is 12.1 Å². The molecule has 0 fully saturated rings. The molecule has 8 heteroatoms. The second kappa shape index (κ2) is 8.91. The molecule has 1 rings (SSSR count). The number of hydrogen-bond donors (Lipinski definition) is 1. The van der Waals surface area contributed by atoms with Gasteiger partial charge in [-0.3, -0.25) is 4.79 Å². The minimum absolute atomic E-state index is 0.0469. The molecule has 0 saturated heterocycles. The Morgan fingerprint density at radius 3 is 2.15 bits per heavy atom. The summed E-state index contributed by atoms with van der Waals surface area (Å²) in [4.78, 5) is 23.8. The van der Waals surface area contributed by atoms with Crippen LogP contribution < -0.4 is 5.32 Å². The molecule has 1 unspecified atom stereocenters. The summed E-state index contributed by atoms with van der Waals surface area (Å²) < 4.78 is 47.9. The number of amides is 1. The quantitative estimate of drug-likeness (QED) is 0.765. The normalized spacial score (nSPS) is 13.0. The number of alkyl halides is 3. The van der Waals surface area contributed by atoms with Crippen LogP contribution in [0.5, 0.6) is 0 Å². The van der Waals surface area contributed by atoms with Crippen molar-refractivity contribution in [3.63, 3.8) is 0 Å². The summed E-state index contributed by atoms with van der Waals surface area (Å²) in [6, 6.07) is 4.53. The van der Waals surface area contributed by atoms with Gasteiger partial charge in [0.05, 0.1) is 18.1 Å². The molecule has 0 aliphatic carbocycles. The molecule has 1 N–H and O–H groups in total. The molecule has 0 heterocycles. The fraction of sp³-hybridized carbons (Fsp3) is 0.556. The van der Waals surface area contributed by atoms with Crippen molar-refractivity contribution in [2.24, 2.45) is 5.92 Å². The van der Waals surface area contributed by atoms with E-state index in [2.05, 4.69) is 5.32 Å². The molecule has 0 saturated carbocycles. The fourth-order valence-electron chi connectivity index (χ4n) is 2.13. The average molecular weight is 375 g/mol. The van der Waals surface area contributed by atoms with Gasteiger partial charge in [-0.2, -0.15) is 13.2 Å². The van der Waals surface area contributed by atoms with Gasteiger partial charge in [0.25, 0.3) is 0 Å². The van der Waals surface area contributed by atoms with Crippen LogP contribution in [-0.2, 0) is 26.9 Å². The van der Waals surface area contributed by atoms with Gasteiger partial charge in [0.1, 0.15) is 5.60 Å². The second-order valence-corrected chi connectivity index (χ2v) is 6.73. The summed E-state index contributed by atoms with van der Waals surface area (Å²) in [5, 5.41) is 2.49. The fourth-order valence-corrected chi connectivity index (χ4v) is 2.13. The number of carbonyl (C=O) groups excluding carboxylic acids is 2. The van der Waals surface area contributed by atoms with E-state index in [9.17, 15) is 22.8 Å². The van der Waals surface area contributed by atoms with E-state index in [-0.39, 0.29) is 19.6 Å². The third-order valence-electron chi connectivity index (χ3n) is 3.27. The lowest BCUT2D eigenvalue weighted by atomic mass is 9.98. The van der Waals surface area contributed by atoms with Crippen LogP contribution in [0.25, 0.3) is 0 Å². The Balaban J connectivity index is 2.77. The van der Waals surface area contributed by atoms with Crippen molar-refractivity contribution in [1.82, 2.24) is 5.32 Å². The van der Waals surface area contributed by atoms with E-state index in [4.69, 9.17) is 9.47 Å².